The van der Waals surface area contributed by atoms with Gasteiger partial charge in [-0.25, -0.2) is 4.79 Å². The molecule has 1 aliphatic rings. The van der Waals surface area contributed by atoms with Crippen LogP contribution in [0.1, 0.15) is 33.2 Å². The largest absolute Gasteiger partial charge is 0.478 e. The van der Waals surface area contributed by atoms with Gasteiger partial charge in [0.05, 0.1) is 12.2 Å². The summed E-state index contributed by atoms with van der Waals surface area (Å²) in [6.07, 6.45) is 0.231. The molecule has 2 N–H and O–H groups in total. The lowest BCUT2D eigenvalue weighted by molar-refractivity contribution is -0.134. The number of carbonyl (C=O) groups excluding carboxylic acids is 1. The maximum atomic E-state index is 12.4. The number of nitrogens with one attached hydrogen (secondary N) is 1. The third-order valence-corrected chi connectivity index (χ3v) is 3.90. The van der Waals surface area contributed by atoms with Crippen LogP contribution in [0.3, 0.4) is 0 Å². The summed E-state index contributed by atoms with van der Waals surface area (Å²) < 4.78 is 5.62. The van der Waals surface area contributed by atoms with Gasteiger partial charge in [0.15, 0.2) is 6.10 Å². The smallest absolute Gasteiger partial charge is 0.335 e. The van der Waals surface area contributed by atoms with Crippen molar-refractivity contribution in [1.29, 1.82) is 0 Å². The van der Waals surface area contributed by atoms with Crippen molar-refractivity contribution >= 4 is 11.9 Å². The third-order valence-electron chi connectivity index (χ3n) is 3.90. The number of fused-ring (bicyclic) bond motifs is 1. The van der Waals surface area contributed by atoms with Crippen LogP contribution < -0.4 is 5.32 Å². The van der Waals surface area contributed by atoms with Crippen molar-refractivity contribution in [2.45, 2.75) is 19.1 Å². The van der Waals surface area contributed by atoms with Gasteiger partial charge in [0, 0.05) is 6.54 Å². The molecule has 0 saturated carbocycles. The maximum absolute atomic E-state index is 12.4. The molecule has 0 spiro atoms. The molecule has 1 amide bonds. The first-order valence-electron chi connectivity index (χ1n) is 7.44. The van der Waals surface area contributed by atoms with Crippen LogP contribution in [0.25, 0.3) is 0 Å². The quantitative estimate of drug-likeness (QED) is 0.908. The number of hydrogen-bond donors (Lipinski definition) is 2. The fourth-order valence-electron chi connectivity index (χ4n) is 2.66. The van der Waals surface area contributed by atoms with Crippen LogP contribution >= 0.6 is 0 Å². The second kappa shape index (κ2) is 6.62. The Morgan fingerprint density at radius 1 is 1.13 bits per heavy atom. The van der Waals surface area contributed by atoms with Crippen molar-refractivity contribution in [3.63, 3.8) is 0 Å². The highest BCUT2D eigenvalue weighted by Gasteiger charge is 2.26. The summed E-state index contributed by atoms with van der Waals surface area (Å²) in [4.78, 5) is 23.2. The SMILES string of the molecule is O=C(O)c1ccc(CNC(=O)[C@@H]2OCCc3ccccc32)cc1. The first-order valence-corrected chi connectivity index (χ1v) is 7.44. The molecule has 0 unspecified atom stereocenters. The minimum absolute atomic E-state index is 0.181. The zero-order chi connectivity index (χ0) is 16.2. The second-order valence-corrected chi connectivity index (χ2v) is 5.42. The molecular formula is C18H17NO4. The van der Waals surface area contributed by atoms with Gasteiger partial charge < -0.3 is 15.2 Å². The average molecular weight is 311 g/mol. The first kappa shape index (κ1) is 15.2. The van der Waals surface area contributed by atoms with Crippen molar-refractivity contribution < 1.29 is 19.4 Å². The van der Waals surface area contributed by atoms with E-state index in [1.807, 2.05) is 24.3 Å². The Kier molecular flexibility index (Phi) is 4.39. The summed E-state index contributed by atoms with van der Waals surface area (Å²) in [5.41, 5.74) is 3.12. The van der Waals surface area contributed by atoms with E-state index in [4.69, 9.17) is 9.84 Å². The number of ether oxygens (including phenoxy) is 1. The monoisotopic (exact) mass is 311 g/mol. The number of benzene rings is 2. The number of rotatable bonds is 4. The number of carboxylic acid groups (broad SMARTS) is 1. The van der Waals surface area contributed by atoms with Crippen molar-refractivity contribution in [3.8, 4) is 0 Å². The van der Waals surface area contributed by atoms with Crippen molar-refractivity contribution in [1.82, 2.24) is 5.32 Å². The van der Waals surface area contributed by atoms with Crippen molar-refractivity contribution in [2.75, 3.05) is 6.61 Å². The number of aromatic carboxylic acids is 1. The van der Waals surface area contributed by atoms with E-state index in [2.05, 4.69) is 5.32 Å². The first-order chi connectivity index (χ1) is 11.1. The molecule has 0 fully saturated rings. The fourth-order valence-corrected chi connectivity index (χ4v) is 2.66. The van der Waals surface area contributed by atoms with Crippen LogP contribution in [0.15, 0.2) is 48.5 Å². The van der Waals surface area contributed by atoms with E-state index in [9.17, 15) is 9.59 Å². The number of carbonyl (C=O) groups is 2. The summed E-state index contributed by atoms with van der Waals surface area (Å²) in [7, 11) is 0. The highest BCUT2D eigenvalue weighted by Crippen LogP contribution is 2.27. The lowest BCUT2D eigenvalue weighted by Gasteiger charge is -2.25. The minimum Gasteiger partial charge on any atom is -0.478 e. The van der Waals surface area contributed by atoms with Crippen molar-refractivity contribution in [2.24, 2.45) is 0 Å². The molecule has 1 atom stereocenters. The van der Waals surface area contributed by atoms with Gasteiger partial charge in [-0.15, -0.1) is 0 Å². The van der Waals surface area contributed by atoms with Gasteiger partial charge in [-0.1, -0.05) is 36.4 Å². The zero-order valence-electron chi connectivity index (χ0n) is 12.5. The van der Waals surface area contributed by atoms with E-state index in [0.29, 0.717) is 13.2 Å². The molecule has 1 heterocycles. The molecule has 2 aromatic carbocycles. The standard InChI is InChI=1S/C18H17NO4/c20-17(16-15-4-2-1-3-13(15)9-10-23-16)19-11-12-5-7-14(8-6-12)18(21)22/h1-8,16H,9-11H2,(H,19,20)(H,21,22)/t16-/m1/s1. The normalized spacial score (nSPS) is 16.4. The van der Waals surface area contributed by atoms with Crippen molar-refractivity contribution in [3.05, 3.63) is 70.8 Å². The van der Waals surface area contributed by atoms with E-state index in [0.717, 1.165) is 23.1 Å². The molecule has 5 nitrogen and oxygen atoms in total. The van der Waals surface area contributed by atoms with E-state index in [1.165, 1.54) is 12.1 Å². The maximum Gasteiger partial charge on any atom is 0.335 e. The van der Waals surface area contributed by atoms with Gasteiger partial charge in [0.25, 0.3) is 5.91 Å². The summed E-state index contributed by atoms with van der Waals surface area (Å²) in [6, 6.07) is 14.2. The van der Waals surface area contributed by atoms with Gasteiger partial charge >= 0.3 is 5.97 Å². The lowest BCUT2D eigenvalue weighted by Crippen LogP contribution is -2.33. The van der Waals surface area contributed by atoms with Gasteiger partial charge in [-0.05, 0) is 35.2 Å². The number of amides is 1. The summed E-state index contributed by atoms with van der Waals surface area (Å²) in [5, 5.41) is 11.7. The molecule has 0 aliphatic carbocycles. The Balaban J connectivity index is 1.65. The molecule has 0 bridgehead atoms. The van der Waals surface area contributed by atoms with E-state index in [-0.39, 0.29) is 11.5 Å². The summed E-state index contributed by atoms with van der Waals surface area (Å²) in [6.45, 7) is 0.864. The van der Waals surface area contributed by atoms with Crippen LogP contribution in [-0.4, -0.2) is 23.6 Å². The molecule has 3 rings (SSSR count). The fraction of sp³-hybridized carbons (Fsp3) is 0.222. The molecule has 0 radical (unpaired) electrons. The van der Waals surface area contributed by atoms with Crippen LogP contribution in [-0.2, 0) is 22.5 Å². The highest BCUT2D eigenvalue weighted by molar-refractivity contribution is 5.87. The van der Waals surface area contributed by atoms with Crippen LogP contribution in [0.5, 0.6) is 0 Å². The van der Waals surface area contributed by atoms with Crippen LogP contribution in [0, 0.1) is 0 Å². The highest BCUT2D eigenvalue weighted by atomic mass is 16.5. The molecular weight excluding hydrogens is 294 g/mol. The molecule has 2 aromatic rings. The van der Waals surface area contributed by atoms with Crippen LogP contribution in [0.4, 0.5) is 0 Å². The predicted molar refractivity (Wildman–Crippen MR) is 84.1 cm³/mol. The molecule has 5 heteroatoms. The zero-order valence-corrected chi connectivity index (χ0v) is 12.5. The van der Waals surface area contributed by atoms with Gasteiger partial charge in [-0.2, -0.15) is 0 Å². The second-order valence-electron chi connectivity index (χ2n) is 5.42. The molecule has 1 aliphatic heterocycles. The predicted octanol–water partition coefficient (Wildman–Crippen LogP) is 2.32. The van der Waals surface area contributed by atoms with E-state index in [1.54, 1.807) is 12.1 Å². The number of hydrogen-bond acceptors (Lipinski definition) is 3. The van der Waals surface area contributed by atoms with Gasteiger partial charge in [0.1, 0.15) is 0 Å². The van der Waals surface area contributed by atoms with E-state index < -0.39 is 12.1 Å². The molecule has 0 saturated heterocycles. The van der Waals surface area contributed by atoms with Gasteiger partial charge in [-0.3, -0.25) is 4.79 Å². The lowest BCUT2D eigenvalue weighted by atomic mass is 9.97. The average Bonchev–Trinajstić information content (AvgIpc) is 2.59. The van der Waals surface area contributed by atoms with Crippen LogP contribution in [0.2, 0.25) is 0 Å². The Bertz CT molecular complexity index is 724. The Hall–Kier alpha value is -2.66. The summed E-state index contributed by atoms with van der Waals surface area (Å²) >= 11 is 0. The Morgan fingerprint density at radius 3 is 2.61 bits per heavy atom. The Labute approximate surface area is 133 Å². The summed E-state index contributed by atoms with van der Waals surface area (Å²) in [5.74, 6) is -1.15. The minimum atomic E-state index is -0.965. The number of carboxylic acids is 1. The topological polar surface area (TPSA) is 75.6 Å². The Morgan fingerprint density at radius 2 is 1.87 bits per heavy atom. The molecule has 118 valence electrons. The third kappa shape index (κ3) is 3.40. The van der Waals surface area contributed by atoms with Gasteiger partial charge in [0.2, 0.25) is 0 Å². The molecule has 0 aromatic heterocycles. The van der Waals surface area contributed by atoms with E-state index >= 15 is 0 Å². The molecule has 23 heavy (non-hydrogen) atoms.